The largest absolute Gasteiger partial charge is 0.431 e. The van der Waals surface area contributed by atoms with Crippen molar-refractivity contribution in [2.24, 2.45) is 5.73 Å². The van der Waals surface area contributed by atoms with E-state index >= 15 is 0 Å². The Bertz CT molecular complexity index is 130. The van der Waals surface area contributed by atoms with E-state index in [0.717, 1.165) is 12.8 Å². The summed E-state index contributed by atoms with van der Waals surface area (Å²) in [7, 11) is 0. The predicted octanol–water partition coefficient (Wildman–Crippen LogP) is 1.66. The van der Waals surface area contributed by atoms with Crippen molar-refractivity contribution in [2.45, 2.75) is 25.8 Å². The maximum Gasteiger partial charge on any atom is 0.369 e. The molecule has 0 spiro atoms. The molecule has 0 bridgehead atoms. The normalized spacial score (nSPS) is 12.6. The van der Waals surface area contributed by atoms with Crippen molar-refractivity contribution in [3.8, 4) is 0 Å². The zero-order chi connectivity index (χ0) is 9.40. The third-order valence-corrected chi connectivity index (χ3v) is 1.52. The number of hydrogen-bond donors (Lipinski definition) is 1. The molecule has 0 fully saturated rings. The molecule has 0 saturated heterocycles. The molecule has 4 nitrogen and oxygen atoms in total. The first kappa shape index (κ1) is 12.1. The molecule has 0 radical (unpaired) electrons. The minimum atomic E-state index is -0.347. The molecule has 0 aromatic heterocycles. The number of carbonyl (C=O) groups excluding carboxylic acids is 1. The zero-order valence-corrected chi connectivity index (χ0v) is 9.24. The van der Waals surface area contributed by atoms with E-state index in [0.29, 0.717) is 6.61 Å². The molecule has 0 aromatic rings. The van der Waals surface area contributed by atoms with Crippen molar-refractivity contribution in [3.63, 3.8) is 0 Å². The lowest BCUT2D eigenvalue weighted by Crippen LogP contribution is -2.15. The average molecular weight is 287 g/mol. The Morgan fingerprint density at radius 3 is 2.83 bits per heavy atom. The Morgan fingerprint density at radius 1 is 1.67 bits per heavy atom. The second kappa shape index (κ2) is 7.75. The summed E-state index contributed by atoms with van der Waals surface area (Å²) in [5.41, 5.74) is 5.51. The van der Waals surface area contributed by atoms with E-state index in [1.165, 1.54) is 0 Å². The van der Waals surface area contributed by atoms with Gasteiger partial charge in [-0.05, 0) is 19.8 Å². The summed E-state index contributed by atoms with van der Waals surface area (Å²) in [5.74, 6) is 0. The highest BCUT2D eigenvalue weighted by Crippen LogP contribution is 1.95. The van der Waals surface area contributed by atoms with Gasteiger partial charge in [0.05, 0.1) is 29.2 Å². The SMILES string of the molecule is CC(N)CCCOCOC(=O)I. The lowest BCUT2D eigenvalue weighted by molar-refractivity contribution is -0.00568. The van der Waals surface area contributed by atoms with E-state index in [4.69, 9.17) is 10.5 Å². The molecule has 0 amide bonds. The molecule has 0 rings (SSSR count). The Kier molecular flexibility index (Phi) is 7.83. The van der Waals surface area contributed by atoms with Crippen LogP contribution in [0.1, 0.15) is 19.8 Å². The van der Waals surface area contributed by atoms with Crippen LogP contribution >= 0.6 is 22.6 Å². The molecule has 0 aliphatic carbocycles. The van der Waals surface area contributed by atoms with Crippen molar-refractivity contribution in [1.29, 1.82) is 0 Å². The van der Waals surface area contributed by atoms with E-state index in [1.54, 1.807) is 22.6 Å². The highest BCUT2D eigenvalue weighted by molar-refractivity contribution is 14.1. The van der Waals surface area contributed by atoms with Gasteiger partial charge >= 0.3 is 3.98 Å². The quantitative estimate of drug-likeness (QED) is 0.349. The fourth-order valence-electron chi connectivity index (χ4n) is 0.654. The molecule has 12 heavy (non-hydrogen) atoms. The van der Waals surface area contributed by atoms with Gasteiger partial charge < -0.3 is 15.2 Å². The van der Waals surface area contributed by atoms with Crippen LogP contribution in [0.5, 0.6) is 0 Å². The summed E-state index contributed by atoms with van der Waals surface area (Å²) in [4.78, 5) is 10.2. The Balaban J connectivity index is 2.96. The van der Waals surface area contributed by atoms with Crippen LogP contribution in [0.25, 0.3) is 0 Å². The van der Waals surface area contributed by atoms with Gasteiger partial charge in [0.25, 0.3) is 0 Å². The van der Waals surface area contributed by atoms with Crippen LogP contribution in [0.15, 0.2) is 0 Å². The third-order valence-electron chi connectivity index (χ3n) is 1.20. The Morgan fingerprint density at radius 2 is 2.33 bits per heavy atom. The third kappa shape index (κ3) is 10.1. The van der Waals surface area contributed by atoms with E-state index < -0.39 is 0 Å². The first-order valence-electron chi connectivity index (χ1n) is 3.78. The van der Waals surface area contributed by atoms with Crippen LogP contribution in [-0.2, 0) is 9.47 Å². The van der Waals surface area contributed by atoms with Crippen molar-refractivity contribution < 1.29 is 14.3 Å². The molecule has 0 heterocycles. The van der Waals surface area contributed by atoms with E-state index in [1.807, 2.05) is 6.92 Å². The van der Waals surface area contributed by atoms with Gasteiger partial charge in [0.15, 0.2) is 6.79 Å². The molecule has 5 heteroatoms. The standard InChI is InChI=1S/C7H14INO3/c1-6(9)3-2-4-11-5-12-7(8)10/h6H,2-5,9H2,1H3. The van der Waals surface area contributed by atoms with Gasteiger partial charge in [-0.3, -0.25) is 0 Å². The lowest BCUT2D eigenvalue weighted by Gasteiger charge is -2.05. The summed E-state index contributed by atoms with van der Waals surface area (Å²) < 4.78 is 9.19. The lowest BCUT2D eigenvalue weighted by atomic mass is 10.2. The fourth-order valence-corrected chi connectivity index (χ4v) is 0.781. The van der Waals surface area contributed by atoms with Gasteiger partial charge in [-0.1, -0.05) is 0 Å². The number of halogens is 1. The van der Waals surface area contributed by atoms with Gasteiger partial charge in [-0.25, -0.2) is 4.79 Å². The van der Waals surface area contributed by atoms with Gasteiger partial charge in [0.2, 0.25) is 0 Å². The molecule has 2 N–H and O–H groups in total. The minimum Gasteiger partial charge on any atom is -0.431 e. The second-order valence-corrected chi connectivity index (χ2v) is 3.41. The van der Waals surface area contributed by atoms with Gasteiger partial charge in [0.1, 0.15) is 0 Å². The monoisotopic (exact) mass is 287 g/mol. The van der Waals surface area contributed by atoms with Gasteiger partial charge in [-0.15, -0.1) is 0 Å². The predicted molar refractivity (Wildman–Crippen MR) is 54.2 cm³/mol. The topological polar surface area (TPSA) is 61.6 Å². The van der Waals surface area contributed by atoms with Crippen LogP contribution in [0.4, 0.5) is 4.79 Å². The highest BCUT2D eigenvalue weighted by atomic mass is 127. The summed E-state index contributed by atoms with van der Waals surface area (Å²) in [6.07, 6.45) is 1.83. The van der Waals surface area contributed by atoms with Crippen molar-refractivity contribution in [2.75, 3.05) is 13.4 Å². The molecular formula is C7H14INO3. The molecule has 0 saturated carbocycles. The molecule has 0 aromatic carbocycles. The molecule has 0 aliphatic rings. The molecule has 0 aliphatic heterocycles. The maximum atomic E-state index is 10.2. The molecule has 1 unspecified atom stereocenters. The Labute approximate surface area is 85.9 Å². The summed E-state index contributed by atoms with van der Waals surface area (Å²) in [6, 6.07) is 0.209. The minimum absolute atomic E-state index is 0.0424. The second-order valence-electron chi connectivity index (χ2n) is 2.53. The van der Waals surface area contributed by atoms with Crippen LogP contribution < -0.4 is 5.73 Å². The van der Waals surface area contributed by atoms with Crippen molar-refractivity contribution >= 4 is 26.6 Å². The number of carbonyl (C=O) groups is 1. The zero-order valence-electron chi connectivity index (χ0n) is 7.09. The maximum absolute atomic E-state index is 10.2. The first-order chi connectivity index (χ1) is 5.63. The smallest absolute Gasteiger partial charge is 0.369 e. The molecule has 72 valence electrons. The molecule has 1 atom stereocenters. The Hall–Kier alpha value is 0.120. The van der Waals surface area contributed by atoms with Crippen LogP contribution in [0.2, 0.25) is 0 Å². The highest BCUT2D eigenvalue weighted by Gasteiger charge is 1.95. The van der Waals surface area contributed by atoms with E-state index in [2.05, 4.69) is 4.74 Å². The number of rotatable bonds is 6. The summed E-state index contributed by atoms with van der Waals surface area (Å²) in [5, 5.41) is 0. The van der Waals surface area contributed by atoms with E-state index in [9.17, 15) is 4.79 Å². The fraction of sp³-hybridized carbons (Fsp3) is 0.857. The van der Waals surface area contributed by atoms with Crippen molar-refractivity contribution in [1.82, 2.24) is 0 Å². The van der Waals surface area contributed by atoms with Gasteiger partial charge in [0, 0.05) is 6.04 Å². The number of ether oxygens (including phenoxy) is 2. The average Bonchev–Trinajstić information content (AvgIpc) is 1.95. The van der Waals surface area contributed by atoms with Crippen molar-refractivity contribution in [3.05, 3.63) is 0 Å². The van der Waals surface area contributed by atoms with Crippen LogP contribution in [0.3, 0.4) is 0 Å². The number of nitrogens with two attached hydrogens (primary N) is 1. The molecular weight excluding hydrogens is 273 g/mol. The summed E-state index contributed by atoms with van der Waals surface area (Å²) >= 11 is 1.55. The number of hydrogen-bond acceptors (Lipinski definition) is 4. The van der Waals surface area contributed by atoms with E-state index in [-0.39, 0.29) is 16.8 Å². The summed E-state index contributed by atoms with van der Waals surface area (Å²) in [6.45, 7) is 2.58. The first-order valence-corrected chi connectivity index (χ1v) is 4.86. The van der Waals surface area contributed by atoms with Crippen LogP contribution in [-0.4, -0.2) is 23.4 Å². The van der Waals surface area contributed by atoms with Crippen LogP contribution in [0, 0.1) is 0 Å². The van der Waals surface area contributed by atoms with Gasteiger partial charge in [-0.2, -0.15) is 0 Å².